The van der Waals surface area contributed by atoms with E-state index in [0.29, 0.717) is 26.1 Å². The van der Waals surface area contributed by atoms with Gasteiger partial charge in [-0.05, 0) is 52.0 Å². The number of amides is 1. The SMILES string of the molecule is COC(=O)CC(CN)C1CCCN(C(=O)OC(C)(C)C)C1. The van der Waals surface area contributed by atoms with Crippen molar-refractivity contribution in [3.8, 4) is 0 Å². The Morgan fingerprint density at radius 1 is 1.38 bits per heavy atom. The van der Waals surface area contributed by atoms with Crippen LogP contribution in [0.15, 0.2) is 0 Å². The van der Waals surface area contributed by atoms with Gasteiger partial charge in [0.2, 0.25) is 0 Å². The predicted octanol–water partition coefficient (Wildman–Crippen LogP) is 1.77. The molecule has 0 aliphatic carbocycles. The van der Waals surface area contributed by atoms with Gasteiger partial charge in [-0.15, -0.1) is 0 Å². The van der Waals surface area contributed by atoms with Crippen LogP contribution in [-0.2, 0) is 14.3 Å². The summed E-state index contributed by atoms with van der Waals surface area (Å²) in [5.41, 5.74) is 5.29. The molecule has 0 aromatic rings. The second kappa shape index (κ2) is 7.64. The molecule has 6 nitrogen and oxygen atoms in total. The number of methoxy groups -OCH3 is 1. The number of hydrogen-bond donors (Lipinski definition) is 1. The lowest BCUT2D eigenvalue weighted by Crippen LogP contribution is -2.45. The number of nitrogens with two attached hydrogens (primary N) is 1. The number of carbonyl (C=O) groups is 2. The Labute approximate surface area is 126 Å². The molecule has 122 valence electrons. The molecule has 1 aliphatic heterocycles. The summed E-state index contributed by atoms with van der Waals surface area (Å²) in [7, 11) is 1.38. The summed E-state index contributed by atoms with van der Waals surface area (Å²) in [6.45, 7) is 7.27. The number of carbonyl (C=O) groups excluding carboxylic acids is 2. The Balaban J connectivity index is 2.61. The molecular formula is C15H28N2O4. The number of ether oxygens (including phenoxy) is 2. The van der Waals surface area contributed by atoms with Crippen LogP contribution in [0, 0.1) is 11.8 Å². The van der Waals surface area contributed by atoms with E-state index in [9.17, 15) is 9.59 Å². The minimum Gasteiger partial charge on any atom is -0.469 e. The zero-order valence-corrected chi connectivity index (χ0v) is 13.6. The zero-order chi connectivity index (χ0) is 16.0. The second-order valence-electron chi connectivity index (χ2n) is 6.60. The van der Waals surface area contributed by atoms with Gasteiger partial charge in [-0.1, -0.05) is 0 Å². The average Bonchev–Trinajstić information content (AvgIpc) is 2.42. The molecule has 0 aromatic carbocycles. The Morgan fingerprint density at radius 3 is 2.57 bits per heavy atom. The van der Waals surface area contributed by atoms with Crippen LogP contribution in [0.3, 0.4) is 0 Å². The minimum absolute atomic E-state index is 0.0442. The molecule has 1 heterocycles. The van der Waals surface area contributed by atoms with Gasteiger partial charge >= 0.3 is 12.1 Å². The van der Waals surface area contributed by atoms with E-state index in [2.05, 4.69) is 0 Å². The van der Waals surface area contributed by atoms with E-state index in [1.165, 1.54) is 7.11 Å². The van der Waals surface area contributed by atoms with Gasteiger partial charge in [-0.25, -0.2) is 4.79 Å². The third-order valence-corrected chi connectivity index (χ3v) is 3.74. The maximum atomic E-state index is 12.1. The van der Waals surface area contributed by atoms with Crippen molar-refractivity contribution >= 4 is 12.1 Å². The molecule has 0 spiro atoms. The molecule has 1 amide bonds. The summed E-state index contributed by atoms with van der Waals surface area (Å²) < 4.78 is 10.1. The smallest absolute Gasteiger partial charge is 0.410 e. The number of likely N-dealkylation sites (tertiary alicyclic amines) is 1. The molecule has 6 heteroatoms. The Morgan fingerprint density at radius 2 is 2.05 bits per heavy atom. The van der Waals surface area contributed by atoms with Gasteiger partial charge in [0.1, 0.15) is 5.60 Å². The molecular weight excluding hydrogens is 272 g/mol. The molecule has 2 N–H and O–H groups in total. The van der Waals surface area contributed by atoms with Crippen molar-refractivity contribution in [2.75, 3.05) is 26.7 Å². The third-order valence-electron chi connectivity index (χ3n) is 3.74. The summed E-state index contributed by atoms with van der Waals surface area (Å²) in [5.74, 6) is 0.0119. The largest absolute Gasteiger partial charge is 0.469 e. The Bertz CT molecular complexity index is 365. The monoisotopic (exact) mass is 300 g/mol. The van der Waals surface area contributed by atoms with Gasteiger partial charge in [0.15, 0.2) is 0 Å². The summed E-state index contributed by atoms with van der Waals surface area (Å²) in [5, 5.41) is 0. The van der Waals surface area contributed by atoms with Gasteiger partial charge in [0.05, 0.1) is 7.11 Å². The lowest BCUT2D eigenvalue weighted by Gasteiger charge is -2.37. The van der Waals surface area contributed by atoms with Crippen LogP contribution in [0.5, 0.6) is 0 Å². The van der Waals surface area contributed by atoms with Crippen LogP contribution < -0.4 is 5.73 Å². The summed E-state index contributed by atoms with van der Waals surface area (Å²) in [6, 6.07) is 0. The molecule has 0 radical (unpaired) electrons. The van der Waals surface area contributed by atoms with E-state index in [1.54, 1.807) is 4.90 Å². The molecule has 1 rings (SSSR count). The van der Waals surface area contributed by atoms with Crippen LogP contribution in [0.2, 0.25) is 0 Å². The van der Waals surface area contributed by atoms with Crippen molar-refractivity contribution in [2.45, 2.75) is 45.6 Å². The first-order valence-corrected chi connectivity index (χ1v) is 7.51. The number of rotatable bonds is 4. The van der Waals surface area contributed by atoms with Crippen molar-refractivity contribution < 1.29 is 19.1 Å². The summed E-state index contributed by atoms with van der Waals surface area (Å²) in [4.78, 5) is 25.3. The second-order valence-corrected chi connectivity index (χ2v) is 6.60. The van der Waals surface area contributed by atoms with Crippen LogP contribution in [0.1, 0.15) is 40.0 Å². The topological polar surface area (TPSA) is 81.9 Å². The first-order valence-electron chi connectivity index (χ1n) is 7.51. The highest BCUT2D eigenvalue weighted by Gasteiger charge is 2.32. The summed E-state index contributed by atoms with van der Waals surface area (Å²) >= 11 is 0. The zero-order valence-electron chi connectivity index (χ0n) is 13.6. The molecule has 21 heavy (non-hydrogen) atoms. The fourth-order valence-electron chi connectivity index (χ4n) is 2.63. The van der Waals surface area contributed by atoms with Gasteiger partial charge in [0, 0.05) is 19.5 Å². The first kappa shape index (κ1) is 17.8. The van der Waals surface area contributed by atoms with E-state index in [-0.39, 0.29) is 23.9 Å². The van der Waals surface area contributed by atoms with E-state index >= 15 is 0 Å². The van der Waals surface area contributed by atoms with Gasteiger partial charge < -0.3 is 20.1 Å². The lowest BCUT2D eigenvalue weighted by molar-refractivity contribution is -0.142. The normalized spacial score (nSPS) is 20.8. The molecule has 0 saturated carbocycles. The van der Waals surface area contributed by atoms with Gasteiger partial charge in [0.25, 0.3) is 0 Å². The highest BCUT2D eigenvalue weighted by Crippen LogP contribution is 2.27. The molecule has 2 atom stereocenters. The summed E-state index contributed by atoms with van der Waals surface area (Å²) in [6.07, 6.45) is 1.89. The third kappa shape index (κ3) is 5.91. The molecule has 1 aliphatic rings. The first-order chi connectivity index (χ1) is 9.76. The van der Waals surface area contributed by atoms with Crippen LogP contribution >= 0.6 is 0 Å². The van der Waals surface area contributed by atoms with Crippen molar-refractivity contribution in [1.82, 2.24) is 4.90 Å². The van der Waals surface area contributed by atoms with Crippen molar-refractivity contribution in [2.24, 2.45) is 17.6 Å². The Hall–Kier alpha value is -1.30. The van der Waals surface area contributed by atoms with Crippen LogP contribution in [-0.4, -0.2) is 49.3 Å². The predicted molar refractivity (Wildman–Crippen MR) is 79.7 cm³/mol. The number of hydrogen-bond acceptors (Lipinski definition) is 5. The van der Waals surface area contributed by atoms with Crippen molar-refractivity contribution in [3.05, 3.63) is 0 Å². The van der Waals surface area contributed by atoms with Gasteiger partial charge in [-0.2, -0.15) is 0 Å². The standard InChI is InChI=1S/C15H28N2O4/c1-15(2,3)21-14(19)17-7-5-6-11(10-17)12(9-16)8-13(18)20-4/h11-12H,5-10,16H2,1-4H3. The minimum atomic E-state index is -0.497. The lowest BCUT2D eigenvalue weighted by atomic mass is 9.83. The maximum absolute atomic E-state index is 12.1. The average molecular weight is 300 g/mol. The molecule has 1 saturated heterocycles. The number of esters is 1. The number of piperidine rings is 1. The van der Waals surface area contributed by atoms with E-state index < -0.39 is 5.60 Å². The quantitative estimate of drug-likeness (QED) is 0.800. The molecule has 1 fully saturated rings. The highest BCUT2D eigenvalue weighted by molar-refractivity contribution is 5.70. The number of nitrogens with zero attached hydrogens (tertiary/aromatic N) is 1. The van der Waals surface area contributed by atoms with Crippen molar-refractivity contribution in [1.29, 1.82) is 0 Å². The van der Waals surface area contributed by atoms with Crippen LogP contribution in [0.4, 0.5) is 4.79 Å². The Kier molecular flexibility index (Phi) is 6.45. The van der Waals surface area contributed by atoms with E-state index in [4.69, 9.17) is 15.2 Å². The van der Waals surface area contributed by atoms with E-state index in [1.807, 2.05) is 20.8 Å². The maximum Gasteiger partial charge on any atom is 0.410 e. The molecule has 2 unspecified atom stereocenters. The molecule has 0 bridgehead atoms. The van der Waals surface area contributed by atoms with Crippen LogP contribution in [0.25, 0.3) is 0 Å². The van der Waals surface area contributed by atoms with Gasteiger partial charge in [-0.3, -0.25) is 4.79 Å². The fraction of sp³-hybridized carbons (Fsp3) is 0.867. The van der Waals surface area contributed by atoms with E-state index in [0.717, 1.165) is 12.8 Å². The highest BCUT2D eigenvalue weighted by atomic mass is 16.6. The molecule has 0 aromatic heterocycles. The van der Waals surface area contributed by atoms with Crippen molar-refractivity contribution in [3.63, 3.8) is 0 Å². The fourth-order valence-corrected chi connectivity index (χ4v) is 2.63.